The second-order valence-corrected chi connectivity index (χ2v) is 5.57. The molecule has 0 N–H and O–H groups in total. The summed E-state index contributed by atoms with van der Waals surface area (Å²) in [4.78, 5) is 0. The van der Waals surface area contributed by atoms with Crippen LogP contribution >= 0.6 is 31.9 Å². The first kappa shape index (κ1) is 7.86. The van der Waals surface area contributed by atoms with Crippen molar-refractivity contribution in [1.82, 2.24) is 0 Å². The van der Waals surface area contributed by atoms with Crippen molar-refractivity contribution in [3.8, 4) is 0 Å². The van der Waals surface area contributed by atoms with E-state index in [1.807, 2.05) is 12.1 Å². The fourth-order valence-corrected chi connectivity index (χ4v) is 2.64. The fourth-order valence-electron chi connectivity index (χ4n) is 0.486. The van der Waals surface area contributed by atoms with Gasteiger partial charge in [0.25, 0.3) is 0 Å². The molecule has 0 spiro atoms. The Balaban J connectivity index is 2.88. The van der Waals surface area contributed by atoms with Gasteiger partial charge < -0.3 is 0 Å². The zero-order chi connectivity index (χ0) is 6.69. The summed E-state index contributed by atoms with van der Waals surface area (Å²) in [6.07, 6.45) is 0. The van der Waals surface area contributed by atoms with Crippen LogP contribution in [-0.4, -0.2) is 11.7 Å². The van der Waals surface area contributed by atoms with Crippen molar-refractivity contribution in [3.63, 3.8) is 0 Å². The molecule has 0 nitrogen and oxygen atoms in total. The van der Waals surface area contributed by atoms with E-state index in [0.717, 1.165) is 5.02 Å². The summed E-state index contributed by atoms with van der Waals surface area (Å²) in [5.74, 6) is 0. The van der Waals surface area contributed by atoms with Crippen LogP contribution in [-0.2, 0) is 0 Å². The molecule has 0 radical (unpaired) electrons. The third kappa shape index (κ3) is 2.46. The van der Waals surface area contributed by atoms with E-state index in [9.17, 15) is 0 Å². The molecule has 1 aromatic carbocycles. The van der Waals surface area contributed by atoms with Gasteiger partial charge in [0.05, 0.1) is 0 Å². The molecule has 0 amide bonds. The number of hydrogen-bond acceptors (Lipinski definition) is 0. The second-order valence-electron chi connectivity index (χ2n) is 1.53. The van der Waals surface area contributed by atoms with Crippen LogP contribution in [0.15, 0.2) is 24.3 Å². The van der Waals surface area contributed by atoms with E-state index >= 15 is 0 Å². The minimum absolute atomic E-state index is 0.572. The molecule has 0 aliphatic heterocycles. The predicted octanol–water partition coefficient (Wildman–Crippen LogP) is 2.02. The first-order valence-corrected chi connectivity index (χ1v) is 8.83. The van der Waals surface area contributed by atoms with E-state index in [2.05, 4.69) is 32.5 Å². The van der Waals surface area contributed by atoms with Gasteiger partial charge in [0.15, 0.2) is 0 Å². The first-order chi connectivity index (χ1) is 4.33. The van der Waals surface area contributed by atoms with E-state index < -0.39 is 0 Å². The van der Waals surface area contributed by atoms with E-state index in [0.29, 0.717) is 11.7 Å². The number of benzene rings is 1. The van der Waals surface area contributed by atoms with Crippen LogP contribution in [0.3, 0.4) is 0 Å². The standard InChI is InChI=1S/C6H4ClISe/c7-5-1-3-6(9-8)4-2-5/h1-4H. The van der Waals surface area contributed by atoms with Crippen LogP contribution in [0.1, 0.15) is 0 Å². The summed E-state index contributed by atoms with van der Waals surface area (Å²) in [5, 5.41) is 0.819. The molecule has 0 aliphatic carbocycles. The van der Waals surface area contributed by atoms with Crippen molar-refractivity contribution in [3.05, 3.63) is 29.3 Å². The molecule has 0 bridgehead atoms. The maximum absolute atomic E-state index is 5.67. The Morgan fingerprint density at radius 3 is 2.22 bits per heavy atom. The van der Waals surface area contributed by atoms with Crippen LogP contribution < -0.4 is 4.46 Å². The van der Waals surface area contributed by atoms with Crippen LogP contribution in [0.25, 0.3) is 0 Å². The monoisotopic (exact) mass is 318 g/mol. The zero-order valence-electron chi connectivity index (χ0n) is 4.47. The molecule has 0 saturated heterocycles. The van der Waals surface area contributed by atoms with Gasteiger partial charge in [0.1, 0.15) is 0 Å². The van der Waals surface area contributed by atoms with Gasteiger partial charge >= 0.3 is 77.4 Å². The molecular weight excluding hydrogens is 313 g/mol. The average Bonchev–Trinajstić information content (AvgIpc) is 1.90. The van der Waals surface area contributed by atoms with Crippen molar-refractivity contribution < 1.29 is 0 Å². The molecule has 3 heteroatoms. The third-order valence-electron chi connectivity index (χ3n) is 0.903. The Labute approximate surface area is 76.9 Å². The van der Waals surface area contributed by atoms with Crippen molar-refractivity contribution in [2.45, 2.75) is 0 Å². The summed E-state index contributed by atoms with van der Waals surface area (Å²) >= 11 is 8.63. The van der Waals surface area contributed by atoms with Crippen LogP contribution in [0.5, 0.6) is 0 Å². The SMILES string of the molecule is Clc1ccc([Se]I)cc1. The van der Waals surface area contributed by atoms with Gasteiger partial charge in [0.2, 0.25) is 0 Å². The van der Waals surface area contributed by atoms with Gasteiger partial charge in [-0.3, -0.25) is 0 Å². The Kier molecular flexibility index (Phi) is 3.33. The van der Waals surface area contributed by atoms with Crippen molar-refractivity contribution in [2.24, 2.45) is 0 Å². The number of hydrogen-bond donors (Lipinski definition) is 0. The van der Waals surface area contributed by atoms with Crippen molar-refractivity contribution >= 4 is 48.1 Å². The van der Waals surface area contributed by atoms with Crippen LogP contribution in [0.2, 0.25) is 5.02 Å². The van der Waals surface area contributed by atoms with Gasteiger partial charge in [-0.25, -0.2) is 0 Å². The summed E-state index contributed by atoms with van der Waals surface area (Å²) < 4.78 is 1.38. The quantitative estimate of drug-likeness (QED) is 0.549. The van der Waals surface area contributed by atoms with Gasteiger partial charge in [-0.15, -0.1) is 0 Å². The molecule has 0 unspecified atom stereocenters. The van der Waals surface area contributed by atoms with Crippen LogP contribution in [0, 0.1) is 0 Å². The molecular formula is C6H4ClISe. The van der Waals surface area contributed by atoms with Crippen LogP contribution in [0.4, 0.5) is 0 Å². The normalized spacial score (nSPS) is 9.56. The van der Waals surface area contributed by atoms with E-state index in [1.165, 1.54) is 4.46 Å². The van der Waals surface area contributed by atoms with E-state index in [1.54, 1.807) is 0 Å². The molecule has 1 aromatic rings. The van der Waals surface area contributed by atoms with E-state index in [-0.39, 0.29) is 0 Å². The Hall–Kier alpha value is 0.759. The number of rotatable bonds is 1. The Morgan fingerprint density at radius 1 is 1.22 bits per heavy atom. The van der Waals surface area contributed by atoms with E-state index in [4.69, 9.17) is 11.6 Å². The Bertz CT molecular complexity index is 185. The van der Waals surface area contributed by atoms with Gasteiger partial charge in [-0.2, -0.15) is 0 Å². The topological polar surface area (TPSA) is 0 Å². The summed E-state index contributed by atoms with van der Waals surface area (Å²) in [6.45, 7) is 0. The van der Waals surface area contributed by atoms with Crippen molar-refractivity contribution in [1.29, 1.82) is 0 Å². The fraction of sp³-hybridized carbons (Fsp3) is 0. The predicted molar refractivity (Wildman–Crippen MR) is 50.9 cm³/mol. The Morgan fingerprint density at radius 2 is 1.78 bits per heavy atom. The van der Waals surface area contributed by atoms with Crippen molar-refractivity contribution in [2.75, 3.05) is 0 Å². The molecule has 1 rings (SSSR count). The molecule has 0 heterocycles. The maximum atomic E-state index is 5.67. The molecule has 0 saturated carbocycles. The zero-order valence-corrected chi connectivity index (χ0v) is 9.10. The van der Waals surface area contributed by atoms with Gasteiger partial charge in [-0.1, -0.05) is 0 Å². The third-order valence-corrected chi connectivity index (χ3v) is 4.74. The molecule has 0 aliphatic rings. The molecule has 9 heavy (non-hydrogen) atoms. The average molecular weight is 317 g/mol. The van der Waals surface area contributed by atoms with Gasteiger partial charge in [0, 0.05) is 0 Å². The summed E-state index contributed by atoms with van der Waals surface area (Å²) in [5.41, 5.74) is 0. The summed E-state index contributed by atoms with van der Waals surface area (Å²) in [6, 6.07) is 7.98. The minimum atomic E-state index is 0.572. The molecule has 0 atom stereocenters. The molecule has 48 valence electrons. The van der Waals surface area contributed by atoms with Gasteiger partial charge in [-0.05, 0) is 0 Å². The second kappa shape index (κ2) is 3.81. The molecule has 0 aromatic heterocycles. The molecule has 0 fully saturated rings. The number of halogens is 2. The first-order valence-electron chi connectivity index (χ1n) is 2.37. The summed E-state index contributed by atoms with van der Waals surface area (Å²) in [7, 11) is 0.